The number of hydrogen-bond donors (Lipinski definition) is 3. The van der Waals surface area contributed by atoms with Crippen molar-refractivity contribution in [2.24, 2.45) is 4.99 Å². The maximum absolute atomic E-state index is 11.7. The van der Waals surface area contributed by atoms with E-state index in [-0.39, 0.29) is 0 Å². The molecule has 0 aliphatic carbocycles. The zero-order chi connectivity index (χ0) is 22.1. The van der Waals surface area contributed by atoms with Crippen LogP contribution in [0.4, 0.5) is 4.79 Å². The Kier molecular flexibility index (Phi) is 8.26. The summed E-state index contributed by atoms with van der Waals surface area (Å²) in [7, 11) is 1.72. The summed E-state index contributed by atoms with van der Waals surface area (Å²) < 4.78 is 7.25. The molecule has 8 heteroatoms. The number of ether oxygens (including phenoxy) is 1. The molecule has 164 valence electrons. The van der Waals surface area contributed by atoms with Gasteiger partial charge in [-0.1, -0.05) is 30.3 Å². The van der Waals surface area contributed by atoms with Crippen molar-refractivity contribution in [2.75, 3.05) is 20.1 Å². The Morgan fingerprint density at radius 3 is 2.40 bits per heavy atom. The van der Waals surface area contributed by atoms with Crippen molar-refractivity contribution in [3.8, 4) is 0 Å². The zero-order valence-electron chi connectivity index (χ0n) is 18.9. The minimum Gasteiger partial charge on any atom is -0.444 e. The molecular formula is C22H34N6O2. The molecule has 3 N–H and O–H groups in total. The Labute approximate surface area is 179 Å². The molecular weight excluding hydrogens is 380 g/mol. The minimum atomic E-state index is -0.504. The monoisotopic (exact) mass is 414 g/mol. The molecule has 0 saturated heterocycles. The standard InChI is InChI=1S/C22H34N6O2/c1-16-19(17(2)28(27-16)15-18-10-8-7-9-11-18)14-26-20(23-6)24-12-13-25-21(29)30-22(3,4)5/h7-11H,12-15H2,1-6H3,(H,25,29)(H2,23,24,26). The van der Waals surface area contributed by atoms with E-state index < -0.39 is 11.7 Å². The van der Waals surface area contributed by atoms with Crippen LogP contribution in [0.1, 0.15) is 43.3 Å². The summed E-state index contributed by atoms with van der Waals surface area (Å²) in [5, 5.41) is 13.9. The second-order valence-corrected chi connectivity index (χ2v) is 8.07. The van der Waals surface area contributed by atoms with E-state index in [1.54, 1.807) is 7.05 Å². The molecule has 2 aromatic rings. The van der Waals surface area contributed by atoms with Crippen LogP contribution in [0.25, 0.3) is 0 Å². The van der Waals surface area contributed by atoms with Gasteiger partial charge < -0.3 is 20.7 Å². The van der Waals surface area contributed by atoms with Crippen molar-refractivity contribution in [3.63, 3.8) is 0 Å². The highest BCUT2D eigenvalue weighted by Gasteiger charge is 2.15. The van der Waals surface area contributed by atoms with Gasteiger partial charge in [-0.3, -0.25) is 9.67 Å². The van der Waals surface area contributed by atoms with Gasteiger partial charge in [-0.05, 0) is 40.2 Å². The third kappa shape index (κ3) is 7.42. The van der Waals surface area contributed by atoms with Gasteiger partial charge in [-0.2, -0.15) is 5.10 Å². The van der Waals surface area contributed by atoms with Gasteiger partial charge in [0.2, 0.25) is 0 Å². The smallest absolute Gasteiger partial charge is 0.407 e. The average molecular weight is 415 g/mol. The summed E-state index contributed by atoms with van der Waals surface area (Å²) in [6.45, 7) is 11.9. The number of aryl methyl sites for hydroxylation is 1. The molecule has 0 unspecified atom stereocenters. The summed E-state index contributed by atoms with van der Waals surface area (Å²) in [5.74, 6) is 0.663. The fraction of sp³-hybridized carbons (Fsp3) is 0.500. The van der Waals surface area contributed by atoms with E-state index in [9.17, 15) is 4.79 Å². The van der Waals surface area contributed by atoms with Gasteiger partial charge in [0.15, 0.2) is 5.96 Å². The summed E-state index contributed by atoms with van der Waals surface area (Å²) >= 11 is 0. The Morgan fingerprint density at radius 2 is 1.77 bits per heavy atom. The SMILES string of the molecule is CN=C(NCCNC(=O)OC(C)(C)C)NCc1c(C)nn(Cc2ccccc2)c1C. The zero-order valence-corrected chi connectivity index (χ0v) is 18.9. The average Bonchev–Trinajstić information content (AvgIpc) is 2.94. The first-order valence-corrected chi connectivity index (χ1v) is 10.2. The highest BCUT2D eigenvalue weighted by Crippen LogP contribution is 2.14. The number of aromatic nitrogens is 2. The van der Waals surface area contributed by atoms with Gasteiger partial charge in [0.05, 0.1) is 12.2 Å². The largest absolute Gasteiger partial charge is 0.444 e. The first kappa shape index (κ1) is 23.3. The second-order valence-electron chi connectivity index (χ2n) is 8.07. The Bertz CT molecular complexity index is 853. The lowest BCUT2D eigenvalue weighted by Crippen LogP contribution is -2.42. The van der Waals surface area contributed by atoms with Crippen LogP contribution in [0.2, 0.25) is 0 Å². The lowest BCUT2D eigenvalue weighted by Gasteiger charge is -2.20. The number of rotatable bonds is 7. The first-order valence-electron chi connectivity index (χ1n) is 10.2. The Morgan fingerprint density at radius 1 is 1.10 bits per heavy atom. The van der Waals surface area contributed by atoms with Crippen LogP contribution in [-0.2, 0) is 17.8 Å². The predicted molar refractivity (Wildman–Crippen MR) is 120 cm³/mol. The van der Waals surface area contributed by atoms with Crippen molar-refractivity contribution >= 4 is 12.1 Å². The van der Waals surface area contributed by atoms with Crippen LogP contribution >= 0.6 is 0 Å². The molecule has 1 aromatic carbocycles. The van der Waals surface area contributed by atoms with Crippen LogP contribution in [0, 0.1) is 13.8 Å². The molecule has 0 bridgehead atoms. The quantitative estimate of drug-likeness (QED) is 0.368. The van der Waals surface area contributed by atoms with E-state index >= 15 is 0 Å². The van der Waals surface area contributed by atoms with E-state index in [2.05, 4.69) is 45.1 Å². The molecule has 1 amide bonds. The fourth-order valence-corrected chi connectivity index (χ4v) is 2.95. The topological polar surface area (TPSA) is 92.6 Å². The molecule has 1 heterocycles. The third-order valence-corrected chi connectivity index (χ3v) is 4.45. The van der Waals surface area contributed by atoms with Crippen LogP contribution in [0.3, 0.4) is 0 Å². The molecule has 1 aromatic heterocycles. The molecule has 0 radical (unpaired) electrons. The summed E-state index contributed by atoms with van der Waals surface area (Å²) in [4.78, 5) is 15.9. The number of guanidine groups is 1. The minimum absolute atomic E-state index is 0.427. The van der Waals surface area contributed by atoms with Crippen LogP contribution in [0.15, 0.2) is 35.3 Å². The fourth-order valence-electron chi connectivity index (χ4n) is 2.95. The molecule has 2 rings (SSSR count). The summed E-state index contributed by atoms with van der Waals surface area (Å²) in [5.41, 5.74) is 4.00. The van der Waals surface area contributed by atoms with Gasteiger partial charge in [0, 0.05) is 37.9 Å². The number of amides is 1. The number of carbonyl (C=O) groups excluding carboxylic acids is 1. The van der Waals surface area contributed by atoms with Crippen LogP contribution < -0.4 is 16.0 Å². The molecule has 30 heavy (non-hydrogen) atoms. The van der Waals surface area contributed by atoms with Crippen molar-refractivity contribution in [2.45, 2.75) is 53.3 Å². The number of benzene rings is 1. The summed E-state index contributed by atoms with van der Waals surface area (Å²) in [6, 6.07) is 10.3. The summed E-state index contributed by atoms with van der Waals surface area (Å²) in [6.07, 6.45) is -0.427. The molecule has 0 aliphatic heterocycles. The van der Waals surface area contributed by atoms with Crippen LogP contribution in [0.5, 0.6) is 0 Å². The number of aliphatic imine (C=N–C) groups is 1. The van der Waals surface area contributed by atoms with Gasteiger partial charge in [0.25, 0.3) is 0 Å². The van der Waals surface area contributed by atoms with Crippen molar-refractivity contribution in [1.82, 2.24) is 25.7 Å². The molecule has 0 saturated carbocycles. The number of nitrogens with one attached hydrogen (secondary N) is 3. The predicted octanol–water partition coefficient (Wildman–Crippen LogP) is 2.74. The number of nitrogens with zero attached hydrogens (tertiary/aromatic N) is 3. The highest BCUT2D eigenvalue weighted by atomic mass is 16.6. The normalized spacial score (nSPS) is 11.9. The van der Waals surface area contributed by atoms with Crippen molar-refractivity contribution < 1.29 is 9.53 Å². The molecule has 8 nitrogen and oxygen atoms in total. The Balaban J connectivity index is 1.83. The van der Waals surface area contributed by atoms with E-state index in [1.165, 1.54) is 5.56 Å². The van der Waals surface area contributed by atoms with E-state index in [1.807, 2.05) is 50.6 Å². The second kappa shape index (κ2) is 10.7. The lowest BCUT2D eigenvalue weighted by atomic mass is 10.2. The van der Waals surface area contributed by atoms with E-state index in [0.717, 1.165) is 23.5 Å². The molecule has 0 spiro atoms. The van der Waals surface area contributed by atoms with Gasteiger partial charge in [-0.25, -0.2) is 4.79 Å². The maximum atomic E-state index is 11.7. The maximum Gasteiger partial charge on any atom is 0.407 e. The molecule has 0 fully saturated rings. The molecule has 0 atom stereocenters. The van der Waals surface area contributed by atoms with Gasteiger partial charge >= 0.3 is 6.09 Å². The number of hydrogen-bond acceptors (Lipinski definition) is 4. The third-order valence-electron chi connectivity index (χ3n) is 4.45. The van der Waals surface area contributed by atoms with Crippen LogP contribution in [-0.4, -0.2) is 47.6 Å². The van der Waals surface area contributed by atoms with E-state index in [0.29, 0.717) is 25.6 Å². The van der Waals surface area contributed by atoms with Crippen molar-refractivity contribution in [1.29, 1.82) is 0 Å². The van der Waals surface area contributed by atoms with Gasteiger partial charge in [0.1, 0.15) is 5.60 Å². The lowest BCUT2D eigenvalue weighted by molar-refractivity contribution is 0.0529. The first-order chi connectivity index (χ1) is 14.2. The number of alkyl carbamates (subject to hydrolysis) is 1. The number of carbonyl (C=O) groups is 1. The van der Waals surface area contributed by atoms with Gasteiger partial charge in [-0.15, -0.1) is 0 Å². The molecule has 0 aliphatic rings. The van der Waals surface area contributed by atoms with Crippen molar-refractivity contribution in [3.05, 3.63) is 52.8 Å². The Hall–Kier alpha value is -3.03. The highest BCUT2D eigenvalue weighted by molar-refractivity contribution is 5.79. The van der Waals surface area contributed by atoms with E-state index in [4.69, 9.17) is 4.74 Å².